The van der Waals surface area contributed by atoms with E-state index in [1.807, 2.05) is 16.2 Å². The molecule has 0 saturated carbocycles. The Morgan fingerprint density at radius 3 is 2.71 bits per heavy atom. The molecule has 2 aromatic rings. The molecule has 31 heavy (non-hydrogen) atoms. The zero-order valence-corrected chi connectivity index (χ0v) is 19.3. The zero-order valence-electron chi connectivity index (χ0n) is 18.5. The van der Waals surface area contributed by atoms with E-state index in [-0.39, 0.29) is 11.9 Å². The number of aromatic nitrogens is 2. The molecule has 8 heteroatoms. The van der Waals surface area contributed by atoms with Gasteiger partial charge in [-0.1, -0.05) is 0 Å². The average Bonchev–Trinajstić information content (AvgIpc) is 3.17. The summed E-state index contributed by atoms with van der Waals surface area (Å²) < 4.78 is 5.49. The van der Waals surface area contributed by atoms with Crippen LogP contribution >= 0.6 is 11.3 Å². The predicted molar refractivity (Wildman–Crippen MR) is 124 cm³/mol. The lowest BCUT2D eigenvalue weighted by Crippen LogP contribution is -2.45. The Bertz CT molecular complexity index is 940. The fourth-order valence-electron chi connectivity index (χ4n) is 5.01. The number of ether oxygens (including phenoxy) is 1. The second-order valence-corrected chi connectivity index (χ2v) is 10.1. The summed E-state index contributed by atoms with van der Waals surface area (Å²) in [5.41, 5.74) is 1.45. The number of morpholine rings is 1. The first-order valence-corrected chi connectivity index (χ1v) is 12.7. The van der Waals surface area contributed by atoms with Crippen LogP contribution in [0, 0.1) is 0 Å². The van der Waals surface area contributed by atoms with Gasteiger partial charge in [0.25, 0.3) is 0 Å². The maximum absolute atomic E-state index is 12.3. The van der Waals surface area contributed by atoms with Gasteiger partial charge in [0, 0.05) is 43.5 Å². The van der Waals surface area contributed by atoms with Crippen molar-refractivity contribution in [2.24, 2.45) is 0 Å². The van der Waals surface area contributed by atoms with E-state index in [4.69, 9.17) is 14.7 Å². The molecule has 5 rings (SSSR count). The third-order valence-corrected chi connectivity index (χ3v) is 7.97. The van der Waals surface area contributed by atoms with E-state index >= 15 is 0 Å². The van der Waals surface area contributed by atoms with Crippen LogP contribution in [0.1, 0.15) is 55.3 Å². The van der Waals surface area contributed by atoms with Crippen LogP contribution in [0.3, 0.4) is 0 Å². The second kappa shape index (κ2) is 9.38. The summed E-state index contributed by atoms with van der Waals surface area (Å²) in [6.45, 7) is 7.92. The van der Waals surface area contributed by atoms with E-state index in [1.54, 1.807) is 0 Å². The first-order valence-electron chi connectivity index (χ1n) is 11.8. The van der Waals surface area contributed by atoms with Crippen LogP contribution in [0.5, 0.6) is 0 Å². The molecule has 0 bridgehead atoms. The van der Waals surface area contributed by atoms with E-state index in [1.165, 1.54) is 28.7 Å². The monoisotopic (exact) mass is 443 g/mol. The van der Waals surface area contributed by atoms with Gasteiger partial charge in [0.15, 0.2) is 0 Å². The van der Waals surface area contributed by atoms with E-state index in [0.29, 0.717) is 6.42 Å². The predicted octanol–water partition coefficient (Wildman–Crippen LogP) is 3.22. The lowest BCUT2D eigenvalue weighted by molar-refractivity contribution is -0.135. The molecule has 2 aromatic heterocycles. The molecule has 7 nitrogen and oxygen atoms in total. The molecule has 1 aliphatic carbocycles. The van der Waals surface area contributed by atoms with Gasteiger partial charge >= 0.3 is 0 Å². The average molecular weight is 444 g/mol. The smallest absolute Gasteiger partial charge is 0.222 e. The van der Waals surface area contributed by atoms with Gasteiger partial charge in [0.2, 0.25) is 5.91 Å². The highest BCUT2D eigenvalue weighted by Crippen LogP contribution is 2.38. The summed E-state index contributed by atoms with van der Waals surface area (Å²) in [7, 11) is 0. The van der Waals surface area contributed by atoms with Gasteiger partial charge in [-0.15, -0.1) is 11.3 Å². The zero-order chi connectivity index (χ0) is 21.2. The molecule has 2 saturated heterocycles. The van der Waals surface area contributed by atoms with Crippen molar-refractivity contribution in [3.05, 3.63) is 16.3 Å². The summed E-state index contributed by atoms with van der Waals surface area (Å²) in [6.07, 6.45) is 7.61. The summed E-state index contributed by atoms with van der Waals surface area (Å²) in [6, 6.07) is 0.162. The number of aryl methyl sites for hydroxylation is 2. The van der Waals surface area contributed by atoms with Crippen LogP contribution in [0.2, 0.25) is 0 Å². The fourth-order valence-corrected chi connectivity index (χ4v) is 6.29. The summed E-state index contributed by atoms with van der Waals surface area (Å²) in [5, 5.41) is 4.86. The Morgan fingerprint density at radius 1 is 1.06 bits per heavy atom. The Morgan fingerprint density at radius 2 is 1.87 bits per heavy atom. The number of hydrogen-bond donors (Lipinski definition) is 1. The minimum absolute atomic E-state index is 0.162. The Hall–Kier alpha value is -1.77. The molecular weight excluding hydrogens is 410 g/mol. The summed E-state index contributed by atoms with van der Waals surface area (Å²) in [4.78, 5) is 29.4. The molecule has 1 N–H and O–H groups in total. The van der Waals surface area contributed by atoms with Crippen molar-refractivity contribution >= 4 is 33.3 Å². The van der Waals surface area contributed by atoms with Crippen LogP contribution in [-0.2, 0) is 28.9 Å². The van der Waals surface area contributed by atoms with Crippen molar-refractivity contribution in [1.29, 1.82) is 0 Å². The highest BCUT2D eigenvalue weighted by Gasteiger charge is 2.25. The fraction of sp³-hybridized carbons (Fsp3) is 0.696. The lowest BCUT2D eigenvalue weighted by atomic mass is 9.97. The number of nitrogens with zero attached hydrogens (tertiary/aromatic N) is 4. The number of carbonyl (C=O) groups is 1. The van der Waals surface area contributed by atoms with Crippen molar-refractivity contribution < 1.29 is 9.53 Å². The summed E-state index contributed by atoms with van der Waals surface area (Å²) in [5.74, 6) is 2.13. The van der Waals surface area contributed by atoms with Crippen LogP contribution in [0.25, 0.3) is 10.2 Å². The minimum atomic E-state index is 0.162. The molecule has 1 amide bonds. The van der Waals surface area contributed by atoms with Crippen molar-refractivity contribution in [3.8, 4) is 0 Å². The number of thiophene rings is 1. The Kier molecular flexibility index (Phi) is 6.39. The van der Waals surface area contributed by atoms with Crippen molar-refractivity contribution in [1.82, 2.24) is 19.8 Å². The van der Waals surface area contributed by atoms with Crippen LogP contribution < -0.4 is 5.32 Å². The molecule has 2 aliphatic heterocycles. The molecular formula is C23H33N5O2S. The van der Waals surface area contributed by atoms with Crippen molar-refractivity contribution in [2.45, 2.75) is 64.5 Å². The van der Waals surface area contributed by atoms with E-state index in [2.05, 4.69) is 17.1 Å². The number of carbonyl (C=O) groups excluding carboxylic acids is 1. The van der Waals surface area contributed by atoms with Crippen molar-refractivity contribution in [3.63, 3.8) is 0 Å². The number of fused-ring (bicyclic) bond motifs is 3. The number of amides is 1. The van der Waals surface area contributed by atoms with Gasteiger partial charge in [0.05, 0.1) is 25.1 Å². The van der Waals surface area contributed by atoms with Crippen LogP contribution in [0.15, 0.2) is 0 Å². The minimum Gasteiger partial charge on any atom is -0.379 e. The lowest BCUT2D eigenvalue weighted by Gasteiger charge is -2.32. The number of rotatable bonds is 6. The highest BCUT2D eigenvalue weighted by molar-refractivity contribution is 7.19. The van der Waals surface area contributed by atoms with Crippen LogP contribution in [-0.4, -0.2) is 71.1 Å². The maximum atomic E-state index is 12.3. The van der Waals surface area contributed by atoms with Crippen LogP contribution in [0.4, 0.5) is 5.82 Å². The van der Waals surface area contributed by atoms with Gasteiger partial charge < -0.3 is 15.0 Å². The molecule has 1 atom stereocenters. The van der Waals surface area contributed by atoms with Gasteiger partial charge in [-0.3, -0.25) is 9.69 Å². The van der Waals surface area contributed by atoms with Gasteiger partial charge in [0.1, 0.15) is 16.5 Å². The van der Waals surface area contributed by atoms with Crippen molar-refractivity contribution in [2.75, 3.05) is 44.7 Å². The molecule has 0 unspecified atom stereocenters. The van der Waals surface area contributed by atoms with Gasteiger partial charge in [-0.25, -0.2) is 9.97 Å². The first-order chi connectivity index (χ1) is 15.2. The Labute approximate surface area is 188 Å². The van der Waals surface area contributed by atoms with E-state index < -0.39 is 0 Å². The topological polar surface area (TPSA) is 70.6 Å². The third-order valence-electron chi connectivity index (χ3n) is 6.79. The molecule has 4 heterocycles. The first kappa shape index (κ1) is 21.1. The molecule has 0 aromatic carbocycles. The third kappa shape index (κ3) is 4.56. The second-order valence-electron chi connectivity index (χ2n) is 9.04. The largest absolute Gasteiger partial charge is 0.379 e. The van der Waals surface area contributed by atoms with Gasteiger partial charge in [-0.05, 0) is 51.0 Å². The van der Waals surface area contributed by atoms with E-state index in [9.17, 15) is 4.79 Å². The number of nitrogens with one attached hydrogen (secondary N) is 1. The SMILES string of the molecule is C[C@H](CNc1nc(CN2CCOCC2)nc2sc3c(c12)CCCC3)N1CCCCC1=O. The number of piperidine rings is 1. The number of anilines is 1. The number of hydrogen-bond acceptors (Lipinski definition) is 7. The molecule has 0 radical (unpaired) electrons. The Balaban J connectivity index is 1.41. The van der Waals surface area contributed by atoms with Gasteiger partial charge in [-0.2, -0.15) is 0 Å². The maximum Gasteiger partial charge on any atom is 0.222 e. The molecule has 2 fully saturated rings. The number of likely N-dealkylation sites (tertiary alicyclic amines) is 1. The quantitative estimate of drug-likeness (QED) is 0.739. The van der Waals surface area contributed by atoms with E-state index in [0.717, 1.165) is 88.1 Å². The standard InChI is InChI=1S/C23H33N5O2S/c1-16(28-9-5-4-8-20(28)29)14-24-22-21-17-6-2-3-7-18(17)31-23(21)26-19(25-22)15-27-10-12-30-13-11-27/h16H,2-15H2,1H3,(H,24,25,26)/t16-/m1/s1. The molecule has 3 aliphatic rings. The normalized spacial score (nSPS) is 21.3. The molecule has 0 spiro atoms. The highest BCUT2D eigenvalue weighted by atomic mass is 32.1. The summed E-state index contributed by atoms with van der Waals surface area (Å²) >= 11 is 1.85. The molecule has 168 valence electrons.